The molecule has 144 valence electrons. The molecule has 0 aliphatic rings. The summed E-state index contributed by atoms with van der Waals surface area (Å²) in [7, 11) is 2.94. The van der Waals surface area contributed by atoms with Gasteiger partial charge < -0.3 is 14.2 Å². The van der Waals surface area contributed by atoms with Crippen molar-refractivity contribution >= 4 is 24.4 Å². The Bertz CT molecular complexity index is 1050. The average Bonchev–Trinajstić information content (AvgIpc) is 3.07. The maximum atomic E-state index is 11.3. The van der Waals surface area contributed by atoms with Gasteiger partial charge in [-0.1, -0.05) is 0 Å². The van der Waals surface area contributed by atoms with Crippen LogP contribution in [0, 0.1) is 4.77 Å². The van der Waals surface area contributed by atoms with Crippen molar-refractivity contribution < 1.29 is 19.0 Å². The van der Waals surface area contributed by atoms with E-state index in [0.717, 1.165) is 5.56 Å². The molecule has 0 saturated heterocycles. The number of nitrogens with one attached hydrogen (secondary N) is 1. The second kappa shape index (κ2) is 8.44. The Labute approximate surface area is 165 Å². The van der Waals surface area contributed by atoms with Crippen molar-refractivity contribution in [3.05, 3.63) is 47.0 Å². The molecule has 0 atom stereocenters. The van der Waals surface area contributed by atoms with Crippen LogP contribution in [0.1, 0.15) is 12.5 Å². The molecule has 0 aliphatic heterocycles. The van der Waals surface area contributed by atoms with Crippen LogP contribution >= 0.6 is 12.2 Å². The molecule has 0 amide bonds. The summed E-state index contributed by atoms with van der Waals surface area (Å²) < 4.78 is 17.6. The van der Waals surface area contributed by atoms with E-state index in [2.05, 4.69) is 20.3 Å². The zero-order valence-corrected chi connectivity index (χ0v) is 16.2. The van der Waals surface area contributed by atoms with E-state index in [1.807, 2.05) is 0 Å². The first-order chi connectivity index (χ1) is 13.5. The molecule has 3 aromatic rings. The highest BCUT2D eigenvalue weighted by Gasteiger charge is 2.16. The topological polar surface area (TPSA) is 104 Å². The third kappa shape index (κ3) is 4.07. The number of esters is 1. The maximum absolute atomic E-state index is 11.3. The molecule has 10 heteroatoms. The quantitative estimate of drug-likeness (QED) is 0.294. The molecular formula is C18H17N5O4S. The van der Waals surface area contributed by atoms with Crippen LogP contribution in [0.4, 0.5) is 0 Å². The molecule has 2 aromatic heterocycles. The fraction of sp³-hybridized carbons (Fsp3) is 0.167. The zero-order chi connectivity index (χ0) is 20.1. The number of ether oxygens (including phenoxy) is 3. The van der Waals surface area contributed by atoms with E-state index in [4.69, 9.17) is 26.4 Å². The summed E-state index contributed by atoms with van der Waals surface area (Å²) in [5, 5.41) is 11.3. The number of hydrogen-bond donors (Lipinski definition) is 1. The number of hydrogen-bond acceptors (Lipinski definition) is 8. The molecule has 3 rings (SSSR count). The van der Waals surface area contributed by atoms with Crippen molar-refractivity contribution in [3.63, 3.8) is 0 Å². The summed E-state index contributed by atoms with van der Waals surface area (Å²) in [6.45, 7) is 1.30. The van der Waals surface area contributed by atoms with Crippen molar-refractivity contribution in [2.45, 2.75) is 6.92 Å². The first-order valence-electron chi connectivity index (χ1n) is 8.10. The van der Waals surface area contributed by atoms with Crippen molar-refractivity contribution in [1.82, 2.24) is 19.9 Å². The third-order valence-electron chi connectivity index (χ3n) is 3.64. The van der Waals surface area contributed by atoms with Gasteiger partial charge in [0.15, 0.2) is 17.3 Å². The van der Waals surface area contributed by atoms with E-state index in [1.165, 1.54) is 25.8 Å². The lowest BCUT2D eigenvalue weighted by atomic mass is 10.2. The van der Waals surface area contributed by atoms with E-state index in [9.17, 15) is 4.79 Å². The Morgan fingerprint density at radius 1 is 1.21 bits per heavy atom. The number of H-pyrrole nitrogens is 1. The van der Waals surface area contributed by atoms with Gasteiger partial charge in [-0.15, -0.1) is 0 Å². The van der Waals surface area contributed by atoms with Gasteiger partial charge in [0.1, 0.15) is 0 Å². The van der Waals surface area contributed by atoms with E-state index in [0.29, 0.717) is 27.7 Å². The van der Waals surface area contributed by atoms with Gasteiger partial charge in [-0.05, 0) is 36.5 Å². The largest absolute Gasteiger partial charge is 0.493 e. The average molecular weight is 399 g/mol. The van der Waals surface area contributed by atoms with Gasteiger partial charge in [0.2, 0.25) is 10.5 Å². The van der Waals surface area contributed by atoms with Crippen LogP contribution in [0.25, 0.3) is 11.4 Å². The SMILES string of the molecule is COc1cc(/C=N/n2c(-c3ccncc3)n[nH]c2=S)cc(OC)c1OC(C)=O. The molecule has 0 unspecified atom stereocenters. The van der Waals surface area contributed by atoms with Crippen LogP contribution in [-0.4, -0.2) is 46.3 Å². The fourth-order valence-electron chi connectivity index (χ4n) is 2.43. The smallest absolute Gasteiger partial charge is 0.308 e. The molecule has 0 aliphatic carbocycles. The van der Waals surface area contributed by atoms with Gasteiger partial charge in [0, 0.05) is 30.4 Å². The standard InChI is InChI=1S/C18H17N5O4S/c1-11(24)27-16-14(25-2)8-12(9-15(16)26-3)10-20-23-17(21-22-18(23)28)13-4-6-19-7-5-13/h4-10H,1-3H3,(H,22,28)/b20-10+. The monoisotopic (exact) mass is 399 g/mol. The molecule has 1 aromatic carbocycles. The highest BCUT2D eigenvalue weighted by Crippen LogP contribution is 2.38. The maximum Gasteiger partial charge on any atom is 0.308 e. The van der Waals surface area contributed by atoms with Gasteiger partial charge in [0.05, 0.1) is 20.4 Å². The van der Waals surface area contributed by atoms with Crippen LogP contribution in [-0.2, 0) is 4.79 Å². The minimum atomic E-state index is -0.482. The fourth-order valence-corrected chi connectivity index (χ4v) is 2.61. The molecule has 9 nitrogen and oxygen atoms in total. The molecular weight excluding hydrogens is 382 g/mol. The minimum Gasteiger partial charge on any atom is -0.493 e. The molecule has 0 radical (unpaired) electrons. The number of carbonyl (C=O) groups excluding carboxylic acids is 1. The predicted molar refractivity (Wildman–Crippen MR) is 104 cm³/mol. The molecule has 2 heterocycles. The second-order valence-electron chi connectivity index (χ2n) is 5.49. The lowest BCUT2D eigenvalue weighted by molar-refractivity contribution is -0.132. The van der Waals surface area contributed by atoms with E-state index < -0.39 is 5.97 Å². The van der Waals surface area contributed by atoms with E-state index in [1.54, 1.807) is 42.9 Å². The van der Waals surface area contributed by atoms with Crippen LogP contribution in [0.15, 0.2) is 41.8 Å². The number of pyridine rings is 1. The molecule has 0 bridgehead atoms. The summed E-state index contributed by atoms with van der Waals surface area (Å²) in [6, 6.07) is 6.94. The van der Waals surface area contributed by atoms with Gasteiger partial charge in [-0.25, -0.2) is 5.10 Å². The molecule has 0 saturated carbocycles. The Morgan fingerprint density at radius 3 is 2.43 bits per heavy atom. The van der Waals surface area contributed by atoms with E-state index >= 15 is 0 Å². The van der Waals surface area contributed by atoms with Crippen LogP contribution < -0.4 is 14.2 Å². The zero-order valence-electron chi connectivity index (χ0n) is 15.4. The van der Waals surface area contributed by atoms with Gasteiger partial charge in [-0.2, -0.15) is 14.9 Å². The lowest BCUT2D eigenvalue weighted by Gasteiger charge is -2.13. The Kier molecular flexibility index (Phi) is 5.80. The van der Waals surface area contributed by atoms with Crippen molar-refractivity contribution in [3.8, 4) is 28.6 Å². The first kappa shape index (κ1) is 19.2. The van der Waals surface area contributed by atoms with Crippen molar-refractivity contribution in [1.29, 1.82) is 0 Å². The molecule has 28 heavy (non-hydrogen) atoms. The Balaban J connectivity index is 2.01. The van der Waals surface area contributed by atoms with Crippen molar-refractivity contribution in [2.75, 3.05) is 14.2 Å². The van der Waals surface area contributed by atoms with Crippen LogP contribution in [0.3, 0.4) is 0 Å². The number of carbonyl (C=O) groups is 1. The van der Waals surface area contributed by atoms with Crippen LogP contribution in [0.2, 0.25) is 0 Å². The minimum absolute atomic E-state index is 0.201. The number of nitrogens with zero attached hydrogens (tertiary/aromatic N) is 4. The number of aromatic nitrogens is 4. The molecule has 1 N–H and O–H groups in total. The highest BCUT2D eigenvalue weighted by molar-refractivity contribution is 7.71. The van der Waals surface area contributed by atoms with Gasteiger partial charge >= 0.3 is 5.97 Å². The van der Waals surface area contributed by atoms with Crippen molar-refractivity contribution in [2.24, 2.45) is 5.10 Å². The Hall–Kier alpha value is -3.53. The van der Waals surface area contributed by atoms with Gasteiger partial charge in [0.25, 0.3) is 0 Å². The summed E-state index contributed by atoms with van der Waals surface area (Å²) in [4.78, 5) is 15.3. The lowest BCUT2D eigenvalue weighted by Crippen LogP contribution is -2.05. The first-order valence-corrected chi connectivity index (χ1v) is 8.51. The molecule has 0 fully saturated rings. The summed E-state index contributed by atoms with van der Waals surface area (Å²) >= 11 is 5.26. The summed E-state index contributed by atoms with van der Waals surface area (Å²) in [5.74, 6) is 0.929. The normalized spacial score (nSPS) is 10.8. The predicted octanol–water partition coefficient (Wildman–Crippen LogP) is 2.83. The molecule has 0 spiro atoms. The van der Waals surface area contributed by atoms with Crippen LogP contribution in [0.5, 0.6) is 17.2 Å². The summed E-state index contributed by atoms with van der Waals surface area (Å²) in [5.41, 5.74) is 1.45. The highest BCUT2D eigenvalue weighted by atomic mass is 32.1. The number of methoxy groups -OCH3 is 2. The van der Waals surface area contributed by atoms with E-state index in [-0.39, 0.29) is 5.75 Å². The second-order valence-corrected chi connectivity index (χ2v) is 5.88. The Morgan fingerprint density at radius 2 is 1.86 bits per heavy atom. The number of aromatic amines is 1. The van der Waals surface area contributed by atoms with Gasteiger partial charge in [-0.3, -0.25) is 9.78 Å². The number of rotatable bonds is 6. The summed E-state index contributed by atoms with van der Waals surface area (Å²) in [6.07, 6.45) is 4.88. The third-order valence-corrected chi connectivity index (χ3v) is 3.90. The number of benzene rings is 1.